The SMILES string of the molecule is C=CCn1c(COc2ccc(C(C)C)cc2)nnc1SCC(=O)Nc1ccc(C(=O)O)cc1. The topological polar surface area (TPSA) is 106 Å². The maximum absolute atomic E-state index is 12.3. The van der Waals surface area contributed by atoms with E-state index in [4.69, 9.17) is 9.84 Å². The van der Waals surface area contributed by atoms with Gasteiger partial charge in [0.1, 0.15) is 12.4 Å². The highest BCUT2D eigenvalue weighted by Crippen LogP contribution is 2.21. The lowest BCUT2D eigenvalue weighted by atomic mass is 10.0. The number of carbonyl (C=O) groups excluding carboxylic acids is 1. The van der Waals surface area contributed by atoms with Crippen molar-refractivity contribution >= 4 is 29.3 Å². The molecule has 2 N–H and O–H groups in total. The molecule has 3 rings (SSSR count). The fourth-order valence-corrected chi connectivity index (χ4v) is 3.73. The number of rotatable bonds is 11. The minimum Gasteiger partial charge on any atom is -0.486 e. The zero-order chi connectivity index (χ0) is 23.8. The van der Waals surface area contributed by atoms with Gasteiger partial charge in [0, 0.05) is 12.2 Å². The van der Waals surface area contributed by atoms with Gasteiger partial charge in [-0.3, -0.25) is 9.36 Å². The van der Waals surface area contributed by atoms with Crippen LogP contribution in [0.25, 0.3) is 0 Å². The number of carbonyl (C=O) groups is 2. The van der Waals surface area contributed by atoms with E-state index in [9.17, 15) is 9.59 Å². The number of benzene rings is 2. The Morgan fingerprint density at radius 2 is 1.85 bits per heavy atom. The summed E-state index contributed by atoms with van der Waals surface area (Å²) in [5.74, 6) is 0.699. The van der Waals surface area contributed by atoms with E-state index in [1.807, 2.05) is 28.8 Å². The van der Waals surface area contributed by atoms with E-state index in [0.29, 0.717) is 29.1 Å². The summed E-state index contributed by atoms with van der Waals surface area (Å²) >= 11 is 1.25. The predicted molar refractivity (Wildman–Crippen MR) is 128 cm³/mol. The smallest absolute Gasteiger partial charge is 0.335 e. The fourth-order valence-electron chi connectivity index (χ4n) is 2.97. The fraction of sp³-hybridized carbons (Fsp3) is 0.250. The van der Waals surface area contributed by atoms with Gasteiger partial charge in [0.25, 0.3) is 0 Å². The largest absolute Gasteiger partial charge is 0.486 e. The third-order valence-electron chi connectivity index (χ3n) is 4.77. The zero-order valence-corrected chi connectivity index (χ0v) is 19.3. The highest BCUT2D eigenvalue weighted by atomic mass is 32.2. The van der Waals surface area contributed by atoms with E-state index < -0.39 is 5.97 Å². The molecule has 0 atom stereocenters. The average molecular weight is 467 g/mol. The highest BCUT2D eigenvalue weighted by molar-refractivity contribution is 7.99. The van der Waals surface area contributed by atoms with Crippen LogP contribution in [0.5, 0.6) is 5.75 Å². The molecule has 1 amide bonds. The lowest BCUT2D eigenvalue weighted by molar-refractivity contribution is -0.113. The van der Waals surface area contributed by atoms with E-state index in [2.05, 4.69) is 35.9 Å². The van der Waals surface area contributed by atoms with Crippen molar-refractivity contribution in [1.29, 1.82) is 0 Å². The molecule has 0 unspecified atom stereocenters. The molecule has 0 saturated heterocycles. The molecule has 0 radical (unpaired) electrons. The monoisotopic (exact) mass is 466 g/mol. The highest BCUT2D eigenvalue weighted by Gasteiger charge is 2.14. The van der Waals surface area contributed by atoms with Gasteiger partial charge in [-0.2, -0.15) is 0 Å². The van der Waals surface area contributed by atoms with Gasteiger partial charge in [-0.1, -0.05) is 43.8 Å². The van der Waals surface area contributed by atoms with Crippen molar-refractivity contribution in [2.24, 2.45) is 0 Å². The minimum atomic E-state index is -1.02. The molecule has 0 bridgehead atoms. The molecule has 172 valence electrons. The Morgan fingerprint density at radius 3 is 2.45 bits per heavy atom. The van der Waals surface area contributed by atoms with Crippen molar-refractivity contribution < 1.29 is 19.4 Å². The van der Waals surface area contributed by atoms with Gasteiger partial charge in [0.05, 0.1) is 11.3 Å². The quantitative estimate of drug-likeness (QED) is 0.314. The van der Waals surface area contributed by atoms with Crippen LogP contribution in [-0.2, 0) is 17.9 Å². The second kappa shape index (κ2) is 11.3. The van der Waals surface area contributed by atoms with Gasteiger partial charge in [0.15, 0.2) is 11.0 Å². The molecule has 0 aliphatic heterocycles. The van der Waals surface area contributed by atoms with E-state index in [1.54, 1.807) is 18.2 Å². The Hall–Kier alpha value is -3.59. The number of aromatic carboxylic acids is 1. The molecule has 1 heterocycles. The summed E-state index contributed by atoms with van der Waals surface area (Å²) in [7, 11) is 0. The first-order chi connectivity index (χ1) is 15.9. The van der Waals surface area contributed by atoms with E-state index >= 15 is 0 Å². The van der Waals surface area contributed by atoms with Gasteiger partial charge in [-0.05, 0) is 47.9 Å². The Bertz CT molecular complexity index is 1110. The molecule has 0 fully saturated rings. The van der Waals surface area contributed by atoms with Gasteiger partial charge < -0.3 is 15.2 Å². The number of ether oxygens (including phenoxy) is 1. The van der Waals surface area contributed by atoms with E-state index in [1.165, 1.54) is 29.5 Å². The summed E-state index contributed by atoms with van der Waals surface area (Å²) in [4.78, 5) is 23.2. The number of thioether (sulfide) groups is 1. The second-order valence-electron chi connectivity index (χ2n) is 7.53. The minimum absolute atomic E-state index is 0.119. The number of nitrogens with zero attached hydrogens (tertiary/aromatic N) is 3. The molecule has 0 saturated carbocycles. The molecule has 0 spiro atoms. The number of allylic oxidation sites excluding steroid dienone is 1. The first-order valence-corrected chi connectivity index (χ1v) is 11.4. The number of carboxylic acids is 1. The van der Waals surface area contributed by atoms with Crippen LogP contribution in [0, 0.1) is 0 Å². The number of hydrogen-bond acceptors (Lipinski definition) is 6. The lowest BCUT2D eigenvalue weighted by Crippen LogP contribution is -2.15. The van der Waals surface area contributed by atoms with Crippen LogP contribution in [0.1, 0.15) is 41.5 Å². The maximum Gasteiger partial charge on any atom is 0.335 e. The van der Waals surface area contributed by atoms with Crippen LogP contribution in [0.2, 0.25) is 0 Å². The van der Waals surface area contributed by atoms with Crippen molar-refractivity contribution in [1.82, 2.24) is 14.8 Å². The van der Waals surface area contributed by atoms with Crippen molar-refractivity contribution in [3.63, 3.8) is 0 Å². The number of aromatic nitrogens is 3. The third-order valence-corrected chi connectivity index (χ3v) is 5.73. The zero-order valence-electron chi connectivity index (χ0n) is 18.5. The van der Waals surface area contributed by atoms with Crippen molar-refractivity contribution in [2.45, 2.75) is 38.1 Å². The van der Waals surface area contributed by atoms with Crippen LogP contribution < -0.4 is 10.1 Å². The van der Waals surface area contributed by atoms with Crippen LogP contribution in [0.3, 0.4) is 0 Å². The molecule has 8 nitrogen and oxygen atoms in total. The van der Waals surface area contributed by atoms with E-state index in [0.717, 1.165) is 5.75 Å². The Labute approximate surface area is 196 Å². The molecule has 1 aromatic heterocycles. The number of anilines is 1. The summed E-state index contributed by atoms with van der Waals surface area (Å²) < 4.78 is 7.73. The summed E-state index contributed by atoms with van der Waals surface area (Å²) in [5, 5.41) is 20.7. The second-order valence-corrected chi connectivity index (χ2v) is 8.47. The van der Waals surface area contributed by atoms with Gasteiger partial charge >= 0.3 is 5.97 Å². The summed E-state index contributed by atoms with van der Waals surface area (Å²) in [6, 6.07) is 13.9. The summed E-state index contributed by atoms with van der Waals surface area (Å²) in [6.45, 7) is 8.79. The van der Waals surface area contributed by atoms with E-state index in [-0.39, 0.29) is 23.8 Å². The molecule has 0 aliphatic carbocycles. The van der Waals surface area contributed by atoms with Crippen molar-refractivity contribution in [2.75, 3.05) is 11.1 Å². The number of carboxylic acid groups (broad SMARTS) is 1. The van der Waals surface area contributed by atoms with Crippen molar-refractivity contribution in [3.8, 4) is 5.75 Å². The lowest BCUT2D eigenvalue weighted by Gasteiger charge is -2.10. The molecular weight excluding hydrogens is 440 g/mol. The standard InChI is InChI=1S/C24H26N4O4S/c1-4-13-28-21(14-32-20-11-7-17(8-12-20)16(2)3)26-27-24(28)33-15-22(29)25-19-9-5-18(6-10-19)23(30)31/h4-12,16H,1,13-15H2,2-3H3,(H,25,29)(H,30,31). The van der Waals surface area contributed by atoms with Crippen molar-refractivity contribution in [3.05, 3.63) is 78.1 Å². The average Bonchev–Trinajstić information content (AvgIpc) is 3.18. The Balaban J connectivity index is 1.58. The molecule has 0 aliphatic rings. The summed E-state index contributed by atoms with van der Waals surface area (Å²) in [6.07, 6.45) is 1.73. The number of hydrogen-bond donors (Lipinski definition) is 2. The van der Waals surface area contributed by atoms with Gasteiger partial charge in [0.2, 0.25) is 5.91 Å². The third kappa shape index (κ3) is 6.69. The maximum atomic E-state index is 12.3. The van der Waals surface area contributed by atoms with Crippen LogP contribution >= 0.6 is 11.8 Å². The Morgan fingerprint density at radius 1 is 1.15 bits per heavy atom. The molecule has 2 aromatic carbocycles. The van der Waals surface area contributed by atoms with Gasteiger partial charge in [-0.15, -0.1) is 16.8 Å². The molecule has 9 heteroatoms. The van der Waals surface area contributed by atoms with Gasteiger partial charge in [-0.25, -0.2) is 4.79 Å². The summed E-state index contributed by atoms with van der Waals surface area (Å²) in [5.41, 5.74) is 1.92. The number of amides is 1. The molecular formula is C24H26N4O4S. The molecule has 3 aromatic rings. The first-order valence-electron chi connectivity index (χ1n) is 10.4. The Kier molecular flexibility index (Phi) is 8.26. The van der Waals surface area contributed by atoms with Crippen LogP contribution in [0.15, 0.2) is 66.3 Å². The normalized spacial score (nSPS) is 10.8. The van der Waals surface area contributed by atoms with Crippen LogP contribution in [-0.4, -0.2) is 37.5 Å². The van der Waals surface area contributed by atoms with Crippen LogP contribution in [0.4, 0.5) is 5.69 Å². The molecule has 33 heavy (non-hydrogen) atoms. The predicted octanol–water partition coefficient (Wildman–Crippen LogP) is 4.60. The first kappa shape index (κ1) is 24.1. The number of nitrogens with one attached hydrogen (secondary N) is 1.